The standard InChI is InChI=1S/C31H28N8O11S3.C18H19N3O7S2/c1-16-3-6-20(7-4-16)35-38-28-24(52(45,46)47)14-18-15-25(53(48,49)50)29(30(40)26(18)27(28)32)39-36-21-10-8-19(9-11-21)34-31(41)17-5-12-22(37-33-2)23(13-17)51(42,43)44;1-9-3-5-12(6-4-9)20-21-17-14(30(26,27)28)8-11-7-13(29(23,24)25)10(2)18(22)15(11)16(17)19/h3-15,40,45-47H,32H2,1-2H3,(H,34,41)(H,42,43,44)(H,48,49,50);3-8,22-25H,19H2,1-2H3,(H,26,27,28). The SMILES string of the molecule is CN=Nc1ccc(C(=O)Nc2ccc(N=Nc3c(S(=O)(=O)O)cc4cc(S(O)(O)O)c(N=Nc5ccc(C)cc5)c(N)c4c3O)cc2)cc1S(=O)(=O)O.Cc1ccc(N=Nc2c(S(=O)(=O)O)cc3cc(S(O)(O)O)c(C)c(O)c3c2N)cc1. The van der Waals surface area contributed by atoms with E-state index in [4.69, 9.17) is 11.5 Å². The van der Waals surface area contributed by atoms with Gasteiger partial charge in [0, 0.05) is 29.2 Å². The van der Waals surface area contributed by atoms with Crippen LogP contribution < -0.4 is 16.8 Å². The van der Waals surface area contributed by atoms with Crippen LogP contribution in [0.5, 0.6) is 11.5 Å². The van der Waals surface area contributed by atoms with Crippen LogP contribution in [0.3, 0.4) is 0 Å². The van der Waals surface area contributed by atoms with Gasteiger partial charge in [-0.3, -0.25) is 18.5 Å². The second kappa shape index (κ2) is 23.8. The molecule has 0 fully saturated rings. The molecule has 0 aliphatic heterocycles. The van der Waals surface area contributed by atoms with Crippen molar-refractivity contribution in [3.8, 4) is 11.5 Å². The zero-order chi connectivity index (χ0) is 61.3. The number of hydrogen-bond acceptors (Lipinski definition) is 25. The van der Waals surface area contributed by atoms with E-state index in [2.05, 4.69) is 46.2 Å². The Balaban J connectivity index is 0.000000279. The molecule has 0 bridgehead atoms. The van der Waals surface area contributed by atoms with Crippen molar-refractivity contribution >= 4 is 136 Å². The Hall–Kier alpha value is -8.46. The number of carbonyl (C=O) groups excluding carboxylic acids is 1. The summed E-state index contributed by atoms with van der Waals surface area (Å²) < 4.78 is 161. The number of azo groups is 4. The number of nitrogens with zero attached hydrogens (tertiary/aromatic N) is 8. The maximum Gasteiger partial charge on any atom is 0.296 e. The number of rotatable bonds is 14. The number of aromatic hydroxyl groups is 2. The average molecular weight is 1240 g/mol. The predicted molar refractivity (Wildman–Crippen MR) is 308 cm³/mol. The molecule has 1 amide bonds. The quantitative estimate of drug-likeness (QED) is 0.0273. The summed E-state index contributed by atoms with van der Waals surface area (Å²) in [6.45, 7) is 5.03. The van der Waals surface area contributed by atoms with E-state index >= 15 is 0 Å². The van der Waals surface area contributed by atoms with Gasteiger partial charge in [-0.15, -0.1) is 15.3 Å². The normalized spacial score (nSPS) is 13.1. The van der Waals surface area contributed by atoms with Crippen LogP contribution in [0.25, 0.3) is 21.5 Å². The fraction of sp³-hybridized carbons (Fsp3) is 0.0816. The Bertz CT molecular complexity index is 4390. The van der Waals surface area contributed by atoms with E-state index in [-0.39, 0.29) is 55.4 Å². The van der Waals surface area contributed by atoms with Gasteiger partial charge in [0.1, 0.15) is 64.9 Å². The van der Waals surface area contributed by atoms with Gasteiger partial charge in [0.15, 0.2) is 5.75 Å². The summed E-state index contributed by atoms with van der Waals surface area (Å²) in [6.07, 6.45) is 0. The highest BCUT2D eigenvalue weighted by atomic mass is 32.3. The molecule has 0 atom stereocenters. The van der Waals surface area contributed by atoms with Gasteiger partial charge in [-0.05, 0) is 123 Å². The number of carbonyl (C=O) groups is 1. The highest BCUT2D eigenvalue weighted by Crippen LogP contribution is 2.56. The predicted octanol–water partition coefficient (Wildman–Crippen LogP) is 13.3. The molecule has 0 aliphatic rings. The van der Waals surface area contributed by atoms with Crippen molar-refractivity contribution in [2.45, 2.75) is 45.2 Å². The molecule has 0 saturated carbocycles. The molecule has 0 radical (unpaired) electrons. The molecule has 34 heteroatoms. The van der Waals surface area contributed by atoms with Gasteiger partial charge in [0.05, 0.1) is 43.6 Å². The molecule has 0 aliphatic carbocycles. The first kappa shape index (κ1) is 62.1. The lowest BCUT2D eigenvalue weighted by molar-refractivity contribution is 0.102. The average Bonchev–Trinajstić information content (AvgIpc) is 1.80. The Kier molecular flexibility index (Phi) is 17.8. The summed E-state index contributed by atoms with van der Waals surface area (Å²) in [5, 5.41) is 54.3. The number of nitrogens with two attached hydrogens (primary N) is 2. The van der Waals surface area contributed by atoms with Gasteiger partial charge in [-0.1, -0.05) is 35.4 Å². The number of fused-ring (bicyclic) bond motifs is 2. The third-order valence-electron chi connectivity index (χ3n) is 11.7. The monoisotopic (exact) mass is 1240 g/mol. The van der Waals surface area contributed by atoms with Crippen LogP contribution >= 0.6 is 21.7 Å². The van der Waals surface area contributed by atoms with Gasteiger partial charge in [0.2, 0.25) is 0 Å². The van der Waals surface area contributed by atoms with Crippen LogP contribution in [0.1, 0.15) is 27.0 Å². The molecule has 16 N–H and O–H groups in total. The third-order valence-corrected chi connectivity index (χ3v) is 16.3. The molecule has 83 heavy (non-hydrogen) atoms. The van der Waals surface area contributed by atoms with E-state index in [0.717, 1.165) is 41.5 Å². The van der Waals surface area contributed by atoms with Crippen LogP contribution in [0.15, 0.2) is 181 Å². The Morgan fingerprint density at radius 1 is 0.446 bits per heavy atom. The molecule has 0 aromatic heterocycles. The van der Waals surface area contributed by atoms with Crippen molar-refractivity contribution in [3.63, 3.8) is 0 Å². The first-order chi connectivity index (χ1) is 38.6. The number of anilines is 3. The minimum Gasteiger partial charge on any atom is -0.507 e. The van der Waals surface area contributed by atoms with Gasteiger partial charge in [-0.25, -0.2) is 0 Å². The maximum atomic E-state index is 12.8. The first-order valence-electron chi connectivity index (χ1n) is 23.0. The molecule has 0 saturated heterocycles. The summed E-state index contributed by atoms with van der Waals surface area (Å²) >= 11 is 0. The fourth-order valence-corrected chi connectivity index (χ4v) is 11.2. The topological polar surface area (TPSA) is 505 Å². The highest BCUT2D eigenvalue weighted by molar-refractivity contribution is 8.19. The molecule has 0 unspecified atom stereocenters. The van der Waals surface area contributed by atoms with Gasteiger partial charge < -0.3 is 54.3 Å². The lowest BCUT2D eigenvalue weighted by Gasteiger charge is -2.23. The van der Waals surface area contributed by atoms with Crippen molar-refractivity contribution in [2.24, 2.45) is 40.9 Å². The minimum atomic E-state index is -5.13. The van der Waals surface area contributed by atoms with Crippen LogP contribution in [-0.2, 0) is 30.4 Å². The van der Waals surface area contributed by atoms with Crippen LogP contribution in [-0.4, -0.2) is 89.4 Å². The zero-order valence-corrected chi connectivity index (χ0v) is 47.1. The number of benzene rings is 8. The van der Waals surface area contributed by atoms with E-state index in [9.17, 15) is 81.2 Å². The number of phenols is 2. The van der Waals surface area contributed by atoms with E-state index < -0.39 is 117 Å². The van der Waals surface area contributed by atoms with E-state index in [1.54, 1.807) is 48.5 Å². The van der Waals surface area contributed by atoms with Crippen molar-refractivity contribution in [1.29, 1.82) is 0 Å². The molecule has 8 aromatic carbocycles. The zero-order valence-electron chi connectivity index (χ0n) is 43.0. The second-order valence-electron chi connectivity index (χ2n) is 17.6. The van der Waals surface area contributed by atoms with Crippen LogP contribution in [0.4, 0.5) is 56.9 Å². The van der Waals surface area contributed by atoms with Crippen LogP contribution in [0.2, 0.25) is 0 Å². The summed E-state index contributed by atoms with van der Waals surface area (Å²) in [6, 6.07) is 25.9. The molecule has 0 heterocycles. The molecular weight excluding hydrogens is 1190 g/mol. The summed E-state index contributed by atoms with van der Waals surface area (Å²) in [5.74, 6) is -2.18. The lowest BCUT2D eigenvalue weighted by atomic mass is 10.0. The Morgan fingerprint density at radius 3 is 1.27 bits per heavy atom. The molecule has 0 spiro atoms. The summed E-state index contributed by atoms with van der Waals surface area (Å²) in [4.78, 5) is 9.47. The van der Waals surface area contributed by atoms with E-state index in [1.807, 2.05) is 13.8 Å². The fourth-order valence-electron chi connectivity index (χ4n) is 7.73. The minimum absolute atomic E-state index is 0.0508. The Labute approximate surface area is 474 Å². The number of nitrogens with one attached hydrogen (secondary N) is 1. The molecule has 29 nitrogen and oxygen atoms in total. The Morgan fingerprint density at radius 2 is 0.831 bits per heavy atom. The smallest absolute Gasteiger partial charge is 0.296 e. The number of phenolic OH excluding ortho intramolecular Hbond substituents is 2. The van der Waals surface area contributed by atoms with Gasteiger partial charge in [-0.2, -0.15) is 50.8 Å². The number of amides is 1. The molecule has 8 aromatic rings. The largest absolute Gasteiger partial charge is 0.507 e. The highest BCUT2D eigenvalue weighted by Gasteiger charge is 2.31. The van der Waals surface area contributed by atoms with Gasteiger partial charge >= 0.3 is 0 Å². The van der Waals surface area contributed by atoms with Crippen LogP contribution in [0, 0.1) is 20.8 Å². The maximum absolute atomic E-state index is 12.8. The molecule has 436 valence electrons. The molecular formula is C49H47N11O18S5. The summed E-state index contributed by atoms with van der Waals surface area (Å²) in [7, 11) is -22.2. The number of nitrogen functional groups attached to an aromatic ring is 2. The van der Waals surface area contributed by atoms with E-state index in [0.29, 0.717) is 11.4 Å². The van der Waals surface area contributed by atoms with Crippen molar-refractivity contribution in [2.75, 3.05) is 23.8 Å². The number of hydrogen-bond donors (Lipinski definition) is 14. The van der Waals surface area contributed by atoms with Gasteiger partial charge in [0.25, 0.3) is 36.3 Å². The van der Waals surface area contributed by atoms with Crippen molar-refractivity contribution < 1.29 is 81.2 Å². The second-order valence-corrected chi connectivity index (χ2v) is 24.7. The first-order valence-corrected chi connectivity index (χ1v) is 30.3. The van der Waals surface area contributed by atoms with Crippen molar-refractivity contribution in [1.82, 2.24) is 0 Å². The number of aryl methyl sites for hydroxylation is 2. The lowest BCUT2D eigenvalue weighted by Crippen LogP contribution is -2.12. The third kappa shape index (κ3) is 14.2. The summed E-state index contributed by atoms with van der Waals surface area (Å²) in [5.41, 5.74) is 12.4. The van der Waals surface area contributed by atoms with E-state index in [1.165, 1.54) is 50.4 Å². The molecule has 8 rings (SSSR count). The van der Waals surface area contributed by atoms with Crippen molar-refractivity contribution in [3.05, 3.63) is 138 Å².